The second-order valence-electron chi connectivity index (χ2n) is 4.15. The zero-order valence-corrected chi connectivity index (χ0v) is 9.07. The van der Waals surface area contributed by atoms with E-state index in [0.717, 1.165) is 12.5 Å². The highest BCUT2D eigenvalue weighted by molar-refractivity contribution is 8.14. The van der Waals surface area contributed by atoms with Crippen LogP contribution in [0, 0.1) is 5.92 Å². The SMILES string of the molecule is CC1CSC(=NCC2CCCC2)N1. The van der Waals surface area contributed by atoms with Gasteiger partial charge in [-0.2, -0.15) is 0 Å². The predicted octanol–water partition coefficient (Wildman–Crippen LogP) is 2.26. The molecule has 1 heterocycles. The quantitative estimate of drug-likeness (QED) is 0.736. The number of aliphatic imine (C=N–C) groups is 1. The van der Waals surface area contributed by atoms with E-state index in [0.29, 0.717) is 6.04 Å². The van der Waals surface area contributed by atoms with Gasteiger partial charge >= 0.3 is 0 Å². The Bertz CT molecular complexity index is 197. The number of thioether (sulfide) groups is 1. The van der Waals surface area contributed by atoms with Gasteiger partial charge in [0.25, 0.3) is 0 Å². The maximum absolute atomic E-state index is 4.62. The maximum atomic E-state index is 4.62. The molecule has 2 rings (SSSR count). The summed E-state index contributed by atoms with van der Waals surface area (Å²) >= 11 is 1.87. The monoisotopic (exact) mass is 198 g/mol. The molecule has 0 amide bonds. The molecule has 1 saturated heterocycles. The Hall–Kier alpha value is -0.180. The van der Waals surface area contributed by atoms with Crippen LogP contribution in [0.15, 0.2) is 4.99 Å². The molecule has 1 aliphatic carbocycles. The van der Waals surface area contributed by atoms with Crippen LogP contribution in [0.2, 0.25) is 0 Å². The first kappa shape index (κ1) is 9.38. The molecule has 0 radical (unpaired) electrons. The highest BCUT2D eigenvalue weighted by atomic mass is 32.2. The molecule has 2 nitrogen and oxygen atoms in total. The van der Waals surface area contributed by atoms with Gasteiger partial charge in [-0.05, 0) is 25.7 Å². The van der Waals surface area contributed by atoms with Crippen molar-refractivity contribution in [3.63, 3.8) is 0 Å². The molecular weight excluding hydrogens is 180 g/mol. The van der Waals surface area contributed by atoms with Crippen LogP contribution in [-0.4, -0.2) is 23.5 Å². The van der Waals surface area contributed by atoms with Crippen molar-refractivity contribution >= 4 is 16.9 Å². The first-order valence-electron chi connectivity index (χ1n) is 5.28. The van der Waals surface area contributed by atoms with Crippen LogP contribution >= 0.6 is 11.8 Å². The van der Waals surface area contributed by atoms with Crippen LogP contribution in [-0.2, 0) is 0 Å². The topological polar surface area (TPSA) is 24.4 Å². The van der Waals surface area contributed by atoms with E-state index < -0.39 is 0 Å². The molecule has 1 saturated carbocycles. The van der Waals surface area contributed by atoms with Crippen molar-refractivity contribution < 1.29 is 0 Å². The molecule has 0 bridgehead atoms. The zero-order valence-electron chi connectivity index (χ0n) is 8.25. The summed E-state index contributed by atoms with van der Waals surface area (Å²) in [6.07, 6.45) is 5.65. The number of nitrogens with zero attached hydrogens (tertiary/aromatic N) is 1. The van der Waals surface area contributed by atoms with Gasteiger partial charge in [0.15, 0.2) is 5.17 Å². The van der Waals surface area contributed by atoms with E-state index in [1.165, 1.54) is 36.6 Å². The van der Waals surface area contributed by atoms with Crippen molar-refractivity contribution in [3.8, 4) is 0 Å². The van der Waals surface area contributed by atoms with Crippen LogP contribution < -0.4 is 5.32 Å². The molecular formula is C10H18N2S. The van der Waals surface area contributed by atoms with Crippen molar-refractivity contribution in [3.05, 3.63) is 0 Å². The average Bonchev–Trinajstić information content (AvgIpc) is 2.71. The molecule has 2 aliphatic rings. The molecule has 1 atom stereocenters. The van der Waals surface area contributed by atoms with Crippen molar-refractivity contribution in [2.75, 3.05) is 12.3 Å². The molecule has 1 N–H and O–H groups in total. The van der Waals surface area contributed by atoms with E-state index in [1.54, 1.807) is 0 Å². The van der Waals surface area contributed by atoms with Crippen molar-refractivity contribution in [1.29, 1.82) is 0 Å². The first-order chi connectivity index (χ1) is 6.34. The number of hydrogen-bond donors (Lipinski definition) is 1. The van der Waals surface area contributed by atoms with E-state index in [-0.39, 0.29) is 0 Å². The van der Waals surface area contributed by atoms with Crippen molar-refractivity contribution in [2.24, 2.45) is 10.9 Å². The lowest BCUT2D eigenvalue weighted by molar-refractivity contribution is 0.562. The third-order valence-corrected chi connectivity index (χ3v) is 3.99. The summed E-state index contributed by atoms with van der Waals surface area (Å²) in [5, 5.41) is 4.57. The number of rotatable bonds is 2. The highest BCUT2D eigenvalue weighted by Gasteiger charge is 2.17. The lowest BCUT2D eigenvalue weighted by Gasteiger charge is -2.05. The second-order valence-corrected chi connectivity index (χ2v) is 5.16. The van der Waals surface area contributed by atoms with Crippen molar-refractivity contribution in [2.45, 2.75) is 38.6 Å². The van der Waals surface area contributed by atoms with Gasteiger partial charge < -0.3 is 5.32 Å². The fraction of sp³-hybridized carbons (Fsp3) is 0.900. The largest absolute Gasteiger partial charge is 0.362 e. The van der Waals surface area contributed by atoms with Gasteiger partial charge in [-0.3, -0.25) is 4.99 Å². The molecule has 1 aliphatic heterocycles. The Morgan fingerprint density at radius 2 is 2.23 bits per heavy atom. The summed E-state index contributed by atoms with van der Waals surface area (Å²) < 4.78 is 0. The van der Waals surface area contributed by atoms with Crippen molar-refractivity contribution in [1.82, 2.24) is 5.32 Å². The third kappa shape index (κ3) is 2.63. The van der Waals surface area contributed by atoms with Crippen LogP contribution in [0.5, 0.6) is 0 Å². The lowest BCUT2D eigenvalue weighted by atomic mass is 10.1. The summed E-state index contributed by atoms with van der Waals surface area (Å²) in [5.74, 6) is 2.06. The second kappa shape index (κ2) is 4.36. The van der Waals surface area contributed by atoms with E-state index in [1.807, 2.05) is 11.8 Å². The molecule has 13 heavy (non-hydrogen) atoms. The van der Waals surface area contributed by atoms with Crippen LogP contribution in [0.1, 0.15) is 32.6 Å². The Balaban J connectivity index is 1.76. The van der Waals surface area contributed by atoms with E-state index in [4.69, 9.17) is 0 Å². The molecule has 0 aromatic carbocycles. The molecule has 2 fully saturated rings. The van der Waals surface area contributed by atoms with Gasteiger partial charge in [0.05, 0.1) is 0 Å². The maximum Gasteiger partial charge on any atom is 0.156 e. The van der Waals surface area contributed by atoms with Gasteiger partial charge in [-0.15, -0.1) is 0 Å². The van der Waals surface area contributed by atoms with Crippen LogP contribution in [0.4, 0.5) is 0 Å². The minimum atomic E-state index is 0.618. The number of amidine groups is 1. The minimum absolute atomic E-state index is 0.618. The summed E-state index contributed by atoms with van der Waals surface area (Å²) in [6.45, 7) is 3.27. The molecule has 1 unspecified atom stereocenters. The minimum Gasteiger partial charge on any atom is -0.362 e. The van der Waals surface area contributed by atoms with Gasteiger partial charge in [-0.1, -0.05) is 24.6 Å². The standard InChI is InChI=1S/C10H18N2S/c1-8-7-13-10(12-8)11-6-9-4-2-3-5-9/h8-9H,2-7H2,1H3,(H,11,12). The third-order valence-electron chi connectivity index (χ3n) is 2.81. The summed E-state index contributed by atoms with van der Waals surface area (Å²) in [7, 11) is 0. The number of hydrogen-bond acceptors (Lipinski definition) is 2. The molecule has 0 aromatic rings. The summed E-state index contributed by atoms with van der Waals surface area (Å²) in [4.78, 5) is 4.62. The Morgan fingerprint density at radius 3 is 2.85 bits per heavy atom. The number of nitrogens with one attached hydrogen (secondary N) is 1. The van der Waals surface area contributed by atoms with E-state index >= 15 is 0 Å². The molecule has 0 spiro atoms. The summed E-state index contributed by atoms with van der Waals surface area (Å²) in [5.41, 5.74) is 0. The lowest BCUT2D eigenvalue weighted by Crippen LogP contribution is -2.23. The van der Waals surface area contributed by atoms with Crippen LogP contribution in [0.25, 0.3) is 0 Å². The Morgan fingerprint density at radius 1 is 1.46 bits per heavy atom. The fourth-order valence-corrected chi connectivity index (χ4v) is 2.94. The smallest absolute Gasteiger partial charge is 0.156 e. The molecule has 0 aromatic heterocycles. The Kier molecular flexibility index (Phi) is 3.14. The fourth-order valence-electron chi connectivity index (χ4n) is 1.99. The molecule has 74 valence electrons. The van der Waals surface area contributed by atoms with Gasteiger partial charge in [-0.25, -0.2) is 0 Å². The zero-order chi connectivity index (χ0) is 9.10. The van der Waals surface area contributed by atoms with E-state index in [9.17, 15) is 0 Å². The van der Waals surface area contributed by atoms with Gasteiger partial charge in [0, 0.05) is 18.3 Å². The predicted molar refractivity (Wildman–Crippen MR) is 59.3 cm³/mol. The van der Waals surface area contributed by atoms with Gasteiger partial charge in [0.1, 0.15) is 0 Å². The average molecular weight is 198 g/mol. The van der Waals surface area contributed by atoms with Gasteiger partial charge in [0.2, 0.25) is 0 Å². The van der Waals surface area contributed by atoms with E-state index in [2.05, 4.69) is 17.2 Å². The summed E-state index contributed by atoms with van der Waals surface area (Å²) in [6, 6.07) is 0.618. The highest BCUT2D eigenvalue weighted by Crippen LogP contribution is 2.25. The normalized spacial score (nSPS) is 32.7. The Labute approximate surface area is 84.6 Å². The first-order valence-corrected chi connectivity index (χ1v) is 6.27. The van der Waals surface area contributed by atoms with Crippen LogP contribution in [0.3, 0.4) is 0 Å². The molecule has 3 heteroatoms.